The monoisotopic (exact) mass is 220 g/mol. The SMILES string of the molecule is O=C(O)c1cc(N2CC3(COC3)C2)ccn1. The Morgan fingerprint density at radius 3 is 2.81 bits per heavy atom. The van der Waals surface area contributed by atoms with Crippen LogP contribution in [0.1, 0.15) is 10.5 Å². The number of carboxylic acid groups (broad SMARTS) is 1. The largest absolute Gasteiger partial charge is 0.477 e. The van der Waals surface area contributed by atoms with Crippen LogP contribution in [0.5, 0.6) is 0 Å². The molecule has 3 heterocycles. The van der Waals surface area contributed by atoms with Crippen molar-refractivity contribution in [2.45, 2.75) is 0 Å². The van der Waals surface area contributed by atoms with Crippen LogP contribution in [-0.2, 0) is 4.74 Å². The van der Waals surface area contributed by atoms with E-state index in [1.54, 1.807) is 12.3 Å². The van der Waals surface area contributed by atoms with Crippen LogP contribution in [-0.4, -0.2) is 42.4 Å². The zero-order valence-electron chi connectivity index (χ0n) is 8.72. The number of carboxylic acids is 1. The van der Waals surface area contributed by atoms with Crippen LogP contribution >= 0.6 is 0 Å². The van der Waals surface area contributed by atoms with Crippen molar-refractivity contribution in [2.75, 3.05) is 31.2 Å². The Morgan fingerprint density at radius 2 is 2.25 bits per heavy atom. The standard InChI is InChI=1S/C11H12N2O3/c14-10(15)9-3-8(1-2-12-9)13-4-11(5-13)6-16-7-11/h1-3H,4-7H2,(H,14,15). The highest BCUT2D eigenvalue weighted by Gasteiger charge is 2.49. The Labute approximate surface area is 92.7 Å². The zero-order valence-corrected chi connectivity index (χ0v) is 8.72. The molecule has 2 saturated heterocycles. The maximum atomic E-state index is 10.8. The van der Waals surface area contributed by atoms with E-state index in [0.29, 0.717) is 5.41 Å². The lowest BCUT2D eigenvalue weighted by molar-refractivity contribution is -0.127. The fraction of sp³-hybridized carbons (Fsp3) is 0.455. The molecule has 16 heavy (non-hydrogen) atoms. The Balaban J connectivity index is 1.75. The molecular formula is C11H12N2O3. The van der Waals surface area contributed by atoms with Gasteiger partial charge in [0.05, 0.1) is 18.6 Å². The number of rotatable bonds is 2. The minimum absolute atomic E-state index is 0.100. The average Bonchev–Trinajstić information content (AvgIpc) is 2.14. The molecule has 2 aliphatic rings. The van der Waals surface area contributed by atoms with Gasteiger partial charge < -0.3 is 14.7 Å². The lowest BCUT2D eigenvalue weighted by Crippen LogP contribution is -2.66. The molecule has 0 radical (unpaired) electrons. The van der Waals surface area contributed by atoms with Crippen molar-refractivity contribution in [3.05, 3.63) is 24.0 Å². The normalized spacial score (nSPS) is 21.4. The number of hydrogen-bond donors (Lipinski definition) is 1. The van der Waals surface area contributed by atoms with Gasteiger partial charge in [-0.3, -0.25) is 0 Å². The van der Waals surface area contributed by atoms with E-state index in [-0.39, 0.29) is 5.69 Å². The van der Waals surface area contributed by atoms with Crippen LogP contribution in [0.25, 0.3) is 0 Å². The highest BCUT2D eigenvalue weighted by molar-refractivity contribution is 5.86. The lowest BCUT2D eigenvalue weighted by Gasteiger charge is -2.56. The predicted octanol–water partition coefficient (Wildman–Crippen LogP) is 0.616. The van der Waals surface area contributed by atoms with Crippen molar-refractivity contribution in [1.29, 1.82) is 0 Å². The Kier molecular flexibility index (Phi) is 1.91. The minimum atomic E-state index is -0.982. The molecule has 0 atom stereocenters. The first-order valence-electron chi connectivity index (χ1n) is 5.21. The van der Waals surface area contributed by atoms with E-state index < -0.39 is 5.97 Å². The molecule has 5 nitrogen and oxygen atoms in total. The highest BCUT2D eigenvalue weighted by Crippen LogP contribution is 2.39. The predicted molar refractivity (Wildman–Crippen MR) is 56.7 cm³/mol. The molecule has 5 heteroatoms. The molecule has 84 valence electrons. The molecule has 0 unspecified atom stereocenters. The number of pyridine rings is 1. The molecule has 1 spiro atoms. The van der Waals surface area contributed by atoms with Gasteiger partial charge in [0.1, 0.15) is 5.69 Å². The summed E-state index contributed by atoms with van der Waals surface area (Å²) < 4.78 is 5.19. The van der Waals surface area contributed by atoms with Gasteiger partial charge in [-0.05, 0) is 12.1 Å². The molecular weight excluding hydrogens is 208 g/mol. The van der Waals surface area contributed by atoms with E-state index in [1.165, 1.54) is 0 Å². The number of aromatic nitrogens is 1. The molecule has 0 aliphatic carbocycles. The van der Waals surface area contributed by atoms with Gasteiger partial charge in [0, 0.05) is 25.0 Å². The number of aromatic carboxylic acids is 1. The summed E-state index contributed by atoms with van der Waals surface area (Å²) in [6.07, 6.45) is 1.54. The summed E-state index contributed by atoms with van der Waals surface area (Å²) in [6.45, 7) is 3.58. The van der Waals surface area contributed by atoms with Crippen LogP contribution in [0.4, 0.5) is 5.69 Å². The van der Waals surface area contributed by atoms with Gasteiger partial charge in [0.15, 0.2) is 0 Å². The van der Waals surface area contributed by atoms with Crippen molar-refractivity contribution >= 4 is 11.7 Å². The van der Waals surface area contributed by atoms with E-state index in [0.717, 1.165) is 32.0 Å². The van der Waals surface area contributed by atoms with E-state index in [2.05, 4.69) is 9.88 Å². The summed E-state index contributed by atoms with van der Waals surface area (Å²) in [4.78, 5) is 16.7. The summed E-state index contributed by atoms with van der Waals surface area (Å²) >= 11 is 0. The van der Waals surface area contributed by atoms with Gasteiger partial charge in [-0.25, -0.2) is 9.78 Å². The molecule has 0 aromatic carbocycles. The van der Waals surface area contributed by atoms with Crippen molar-refractivity contribution in [3.8, 4) is 0 Å². The summed E-state index contributed by atoms with van der Waals surface area (Å²) in [7, 11) is 0. The number of anilines is 1. The average molecular weight is 220 g/mol. The van der Waals surface area contributed by atoms with Gasteiger partial charge in [-0.1, -0.05) is 0 Å². The third-order valence-corrected chi connectivity index (χ3v) is 3.20. The third kappa shape index (κ3) is 1.36. The molecule has 0 amide bonds. The first-order chi connectivity index (χ1) is 7.69. The number of ether oxygens (including phenoxy) is 1. The fourth-order valence-electron chi connectivity index (χ4n) is 2.25. The van der Waals surface area contributed by atoms with Crippen molar-refractivity contribution in [1.82, 2.24) is 4.98 Å². The molecule has 0 saturated carbocycles. The second-order valence-corrected chi connectivity index (χ2v) is 4.55. The van der Waals surface area contributed by atoms with E-state index >= 15 is 0 Å². The summed E-state index contributed by atoms with van der Waals surface area (Å²) in [6, 6.07) is 3.47. The Bertz CT molecular complexity index is 435. The van der Waals surface area contributed by atoms with Crippen molar-refractivity contribution < 1.29 is 14.6 Å². The van der Waals surface area contributed by atoms with Gasteiger partial charge in [-0.15, -0.1) is 0 Å². The van der Waals surface area contributed by atoms with Gasteiger partial charge in [-0.2, -0.15) is 0 Å². The van der Waals surface area contributed by atoms with Gasteiger partial charge >= 0.3 is 5.97 Å². The lowest BCUT2D eigenvalue weighted by atomic mass is 9.78. The maximum Gasteiger partial charge on any atom is 0.354 e. The van der Waals surface area contributed by atoms with Gasteiger partial charge in [0.25, 0.3) is 0 Å². The van der Waals surface area contributed by atoms with Crippen LogP contribution in [0.2, 0.25) is 0 Å². The third-order valence-electron chi connectivity index (χ3n) is 3.20. The summed E-state index contributed by atoms with van der Waals surface area (Å²) in [5, 5.41) is 8.84. The van der Waals surface area contributed by atoms with Crippen molar-refractivity contribution in [3.63, 3.8) is 0 Å². The molecule has 1 aromatic rings. The first kappa shape index (κ1) is 9.59. The fourth-order valence-corrected chi connectivity index (χ4v) is 2.25. The van der Waals surface area contributed by atoms with Crippen LogP contribution < -0.4 is 4.90 Å². The van der Waals surface area contributed by atoms with Gasteiger partial charge in [0.2, 0.25) is 0 Å². The maximum absolute atomic E-state index is 10.8. The number of carbonyl (C=O) groups is 1. The van der Waals surface area contributed by atoms with Crippen LogP contribution in [0.15, 0.2) is 18.3 Å². The highest BCUT2D eigenvalue weighted by atomic mass is 16.5. The van der Waals surface area contributed by atoms with Crippen molar-refractivity contribution in [2.24, 2.45) is 5.41 Å². The minimum Gasteiger partial charge on any atom is -0.477 e. The number of nitrogens with zero attached hydrogens (tertiary/aromatic N) is 2. The zero-order chi connectivity index (χ0) is 11.2. The quantitative estimate of drug-likeness (QED) is 0.791. The molecule has 3 rings (SSSR count). The van der Waals surface area contributed by atoms with Crippen LogP contribution in [0.3, 0.4) is 0 Å². The van der Waals surface area contributed by atoms with Crippen LogP contribution in [0, 0.1) is 5.41 Å². The molecule has 2 aliphatic heterocycles. The molecule has 1 N–H and O–H groups in total. The number of hydrogen-bond acceptors (Lipinski definition) is 4. The molecule has 1 aromatic heterocycles. The van der Waals surface area contributed by atoms with E-state index in [4.69, 9.17) is 9.84 Å². The van der Waals surface area contributed by atoms with E-state index in [1.807, 2.05) is 6.07 Å². The molecule has 2 fully saturated rings. The second-order valence-electron chi connectivity index (χ2n) is 4.55. The Hall–Kier alpha value is -1.62. The molecule has 0 bridgehead atoms. The summed E-state index contributed by atoms with van der Waals surface area (Å²) in [5.74, 6) is -0.982. The van der Waals surface area contributed by atoms with E-state index in [9.17, 15) is 4.79 Å². The second kappa shape index (κ2) is 3.18. The Morgan fingerprint density at radius 1 is 1.50 bits per heavy atom. The smallest absolute Gasteiger partial charge is 0.354 e. The topological polar surface area (TPSA) is 62.7 Å². The summed E-state index contributed by atoms with van der Waals surface area (Å²) in [5.41, 5.74) is 1.38. The first-order valence-corrected chi connectivity index (χ1v) is 5.21.